The third-order valence-electron chi connectivity index (χ3n) is 6.99. The monoisotopic (exact) mass is 494 g/mol. The van der Waals surface area contributed by atoms with Crippen molar-refractivity contribution in [3.63, 3.8) is 0 Å². The van der Waals surface area contributed by atoms with Crippen LogP contribution in [0.5, 0.6) is 0 Å². The van der Waals surface area contributed by atoms with Crippen LogP contribution < -0.4 is 15.5 Å². The van der Waals surface area contributed by atoms with Crippen molar-refractivity contribution in [2.24, 2.45) is 0 Å². The summed E-state index contributed by atoms with van der Waals surface area (Å²) in [6.45, 7) is 10.4. The van der Waals surface area contributed by atoms with Crippen LogP contribution in [-0.2, 0) is 4.79 Å². The number of carbonyl (C=O) groups is 1. The van der Waals surface area contributed by atoms with Gasteiger partial charge in [-0.15, -0.1) is 0 Å². The third kappa shape index (κ3) is 6.35. The predicted molar refractivity (Wildman–Crippen MR) is 148 cm³/mol. The molecule has 3 aromatic rings. The lowest BCUT2D eigenvalue weighted by Gasteiger charge is -2.38. The van der Waals surface area contributed by atoms with Crippen LogP contribution in [0.3, 0.4) is 0 Å². The Morgan fingerprint density at radius 1 is 1.14 bits per heavy atom. The van der Waals surface area contributed by atoms with Crippen LogP contribution in [-0.4, -0.2) is 48.5 Å². The van der Waals surface area contributed by atoms with Crippen molar-refractivity contribution >= 4 is 17.4 Å². The molecule has 7 nitrogen and oxygen atoms in total. The molecule has 0 saturated carbocycles. The normalized spacial score (nSPS) is 17.1. The number of anilines is 2. The number of nitriles is 1. The third-order valence-corrected chi connectivity index (χ3v) is 6.99. The van der Waals surface area contributed by atoms with E-state index in [1.54, 1.807) is 11.1 Å². The van der Waals surface area contributed by atoms with Crippen LogP contribution in [0.2, 0.25) is 0 Å². The van der Waals surface area contributed by atoms with Gasteiger partial charge in [0.25, 0.3) is 0 Å². The van der Waals surface area contributed by atoms with E-state index in [2.05, 4.69) is 59.1 Å². The molecule has 7 heteroatoms. The fraction of sp³-hybridized carbons (Fsp3) is 0.300. The zero-order chi connectivity index (χ0) is 26.4. The van der Waals surface area contributed by atoms with Gasteiger partial charge in [0.2, 0.25) is 5.91 Å². The molecule has 37 heavy (non-hydrogen) atoms. The van der Waals surface area contributed by atoms with E-state index >= 15 is 0 Å². The van der Waals surface area contributed by atoms with Gasteiger partial charge >= 0.3 is 0 Å². The molecular formula is C30H34N6O. The van der Waals surface area contributed by atoms with Crippen LogP contribution in [0.1, 0.15) is 42.5 Å². The molecule has 0 spiro atoms. The first-order valence-corrected chi connectivity index (χ1v) is 12.6. The number of benzene rings is 2. The Morgan fingerprint density at radius 2 is 1.86 bits per heavy atom. The van der Waals surface area contributed by atoms with E-state index in [9.17, 15) is 4.79 Å². The van der Waals surface area contributed by atoms with Gasteiger partial charge in [-0.3, -0.25) is 4.79 Å². The van der Waals surface area contributed by atoms with Gasteiger partial charge < -0.3 is 20.4 Å². The average molecular weight is 495 g/mol. The van der Waals surface area contributed by atoms with Gasteiger partial charge in [0.15, 0.2) is 0 Å². The molecule has 1 saturated heterocycles. The highest BCUT2D eigenvalue weighted by Gasteiger charge is 2.27. The maximum atomic E-state index is 12.3. The summed E-state index contributed by atoms with van der Waals surface area (Å²) in [7, 11) is 1.85. The summed E-state index contributed by atoms with van der Waals surface area (Å²) >= 11 is 0. The largest absolute Gasteiger partial charge is 0.359 e. The Kier molecular flexibility index (Phi) is 8.22. The van der Waals surface area contributed by atoms with Crippen LogP contribution in [0.15, 0.2) is 85.2 Å². The minimum atomic E-state index is -0.125. The summed E-state index contributed by atoms with van der Waals surface area (Å²) in [5, 5.41) is 16.1. The van der Waals surface area contributed by atoms with E-state index in [0.29, 0.717) is 17.9 Å². The van der Waals surface area contributed by atoms with E-state index in [-0.39, 0.29) is 23.9 Å². The Hall–Kier alpha value is -4.15. The number of amides is 1. The van der Waals surface area contributed by atoms with Gasteiger partial charge in [0, 0.05) is 31.9 Å². The van der Waals surface area contributed by atoms with E-state index < -0.39 is 0 Å². The van der Waals surface area contributed by atoms with Crippen LogP contribution >= 0.6 is 0 Å². The van der Waals surface area contributed by atoms with Crippen molar-refractivity contribution < 1.29 is 4.79 Å². The maximum Gasteiger partial charge on any atom is 0.242 e. The minimum Gasteiger partial charge on any atom is -0.359 e. The SMILES string of the molecule is C=C(Nc1ccc(N2CC(=O)N(C)C(C)C2)cn1)C(NCC(C)c1ccc(C#N)cc1)c1ccccc1. The molecule has 190 valence electrons. The Bertz CT molecular complexity index is 1250. The van der Waals surface area contributed by atoms with Gasteiger partial charge in [-0.2, -0.15) is 5.26 Å². The van der Waals surface area contributed by atoms with Gasteiger partial charge in [0.05, 0.1) is 36.1 Å². The number of hydrogen-bond acceptors (Lipinski definition) is 6. The second kappa shape index (κ2) is 11.7. The lowest BCUT2D eigenvalue weighted by atomic mass is 9.98. The molecule has 0 bridgehead atoms. The number of rotatable bonds is 9. The number of nitrogens with one attached hydrogen (secondary N) is 2. The van der Waals surface area contributed by atoms with Crippen molar-refractivity contribution in [3.8, 4) is 6.07 Å². The molecule has 2 aromatic carbocycles. The van der Waals surface area contributed by atoms with E-state index in [1.807, 2.05) is 61.6 Å². The Labute approximate surface area is 219 Å². The van der Waals surface area contributed by atoms with E-state index in [1.165, 1.54) is 5.56 Å². The van der Waals surface area contributed by atoms with Crippen molar-refractivity contribution in [1.29, 1.82) is 5.26 Å². The highest BCUT2D eigenvalue weighted by atomic mass is 16.2. The number of piperazine rings is 1. The molecule has 1 fully saturated rings. The molecular weight excluding hydrogens is 460 g/mol. The fourth-order valence-electron chi connectivity index (χ4n) is 4.49. The Balaban J connectivity index is 1.43. The zero-order valence-corrected chi connectivity index (χ0v) is 21.7. The van der Waals surface area contributed by atoms with Crippen LogP contribution in [0, 0.1) is 11.3 Å². The highest BCUT2D eigenvalue weighted by molar-refractivity contribution is 5.83. The molecule has 1 aliphatic rings. The second-order valence-electron chi connectivity index (χ2n) is 9.67. The predicted octanol–water partition coefficient (Wildman–Crippen LogP) is 4.68. The molecule has 0 aliphatic carbocycles. The average Bonchev–Trinajstić information content (AvgIpc) is 2.92. The summed E-state index contributed by atoms with van der Waals surface area (Å²) < 4.78 is 0. The quantitative estimate of drug-likeness (QED) is 0.449. The Morgan fingerprint density at radius 3 is 2.49 bits per heavy atom. The number of nitrogens with zero attached hydrogens (tertiary/aromatic N) is 4. The van der Waals surface area contributed by atoms with Crippen molar-refractivity contribution in [1.82, 2.24) is 15.2 Å². The van der Waals surface area contributed by atoms with Gasteiger partial charge in [0.1, 0.15) is 5.82 Å². The molecule has 4 rings (SSSR count). The molecule has 3 atom stereocenters. The summed E-state index contributed by atoms with van der Waals surface area (Å²) in [6, 6.07) is 24.1. The van der Waals surface area contributed by atoms with Crippen molar-refractivity contribution in [2.45, 2.75) is 31.8 Å². The van der Waals surface area contributed by atoms with E-state index in [4.69, 9.17) is 5.26 Å². The maximum absolute atomic E-state index is 12.3. The smallest absolute Gasteiger partial charge is 0.242 e. The van der Waals surface area contributed by atoms with Crippen molar-refractivity contribution in [2.75, 3.05) is 36.9 Å². The second-order valence-corrected chi connectivity index (χ2v) is 9.67. The molecule has 2 N–H and O–H groups in total. The first-order chi connectivity index (χ1) is 17.9. The van der Waals surface area contributed by atoms with Crippen LogP contribution in [0.4, 0.5) is 11.5 Å². The number of likely N-dealkylation sites (N-methyl/N-ethyl adjacent to an activating group) is 1. The number of hydrogen-bond donors (Lipinski definition) is 2. The molecule has 1 aliphatic heterocycles. The number of carbonyl (C=O) groups excluding carboxylic acids is 1. The number of pyridine rings is 1. The fourth-order valence-corrected chi connectivity index (χ4v) is 4.49. The standard InChI is InChI=1S/C30H34N6O/c1-21(25-12-10-24(16-31)11-13-25)17-33-30(26-8-6-5-7-9-26)23(3)34-28-15-14-27(18-32-28)36-19-22(2)35(4)29(37)20-36/h5-15,18,21-22,30,33H,3,17,19-20H2,1-2,4H3,(H,32,34). The van der Waals surface area contributed by atoms with Crippen molar-refractivity contribution in [3.05, 3.63) is 102 Å². The molecule has 1 amide bonds. The molecule has 2 heterocycles. The van der Waals surface area contributed by atoms with Gasteiger partial charge in [-0.05, 0) is 48.2 Å². The zero-order valence-electron chi connectivity index (χ0n) is 21.7. The van der Waals surface area contributed by atoms with E-state index in [0.717, 1.165) is 30.0 Å². The lowest BCUT2D eigenvalue weighted by molar-refractivity contribution is -0.131. The molecule has 0 radical (unpaired) electrons. The first-order valence-electron chi connectivity index (χ1n) is 12.6. The number of aromatic nitrogens is 1. The van der Waals surface area contributed by atoms with Crippen LogP contribution in [0.25, 0.3) is 0 Å². The molecule has 3 unspecified atom stereocenters. The topological polar surface area (TPSA) is 84.3 Å². The molecule has 1 aromatic heterocycles. The summed E-state index contributed by atoms with van der Waals surface area (Å²) in [5.41, 5.74) is 4.66. The highest BCUT2D eigenvalue weighted by Crippen LogP contribution is 2.25. The van der Waals surface area contributed by atoms with Gasteiger partial charge in [-0.25, -0.2) is 4.98 Å². The minimum absolute atomic E-state index is 0.112. The van der Waals surface area contributed by atoms with Gasteiger partial charge in [-0.1, -0.05) is 56.0 Å². The summed E-state index contributed by atoms with van der Waals surface area (Å²) in [6.07, 6.45) is 1.80. The summed E-state index contributed by atoms with van der Waals surface area (Å²) in [4.78, 5) is 20.7. The first kappa shape index (κ1) is 25.9. The lowest BCUT2D eigenvalue weighted by Crippen LogP contribution is -2.53. The summed E-state index contributed by atoms with van der Waals surface area (Å²) in [5.74, 6) is 1.06.